The maximum absolute atomic E-state index is 10.6. The highest BCUT2D eigenvalue weighted by molar-refractivity contribution is 5.95. The number of hydrogen-bond donors (Lipinski definition) is 1. The van der Waals surface area contributed by atoms with Crippen LogP contribution in [0.3, 0.4) is 0 Å². The van der Waals surface area contributed by atoms with Gasteiger partial charge in [0.1, 0.15) is 0 Å². The Bertz CT molecular complexity index is 1520. The highest BCUT2D eigenvalue weighted by Gasteiger charge is 2.30. The molecular formula is C31H32N4O. The summed E-state index contributed by atoms with van der Waals surface area (Å²) in [6.45, 7) is 10.6. The number of fused-ring (bicyclic) bond motifs is 1. The number of aromatic nitrogens is 1. The zero-order valence-corrected chi connectivity index (χ0v) is 21.0. The summed E-state index contributed by atoms with van der Waals surface area (Å²) in [6, 6.07) is 19.8. The molecule has 2 heterocycles. The molecule has 0 fully saturated rings. The third kappa shape index (κ3) is 4.02. The van der Waals surface area contributed by atoms with E-state index in [1.165, 1.54) is 33.0 Å². The van der Waals surface area contributed by atoms with E-state index in [0.717, 1.165) is 36.8 Å². The molecule has 36 heavy (non-hydrogen) atoms. The van der Waals surface area contributed by atoms with Gasteiger partial charge in [0.25, 0.3) is 0 Å². The summed E-state index contributed by atoms with van der Waals surface area (Å²) in [6.07, 6.45) is 6.17. The molecule has 0 saturated heterocycles. The first-order valence-electron chi connectivity index (χ1n) is 12.8. The highest BCUT2D eigenvalue weighted by atomic mass is 16.3. The van der Waals surface area contributed by atoms with Crippen molar-refractivity contribution < 1.29 is 5.11 Å². The molecule has 2 atom stereocenters. The summed E-state index contributed by atoms with van der Waals surface area (Å²) in [5.74, 6) is 0. The van der Waals surface area contributed by atoms with E-state index in [9.17, 15) is 5.11 Å². The van der Waals surface area contributed by atoms with Crippen LogP contribution in [0.4, 0.5) is 5.69 Å². The Balaban J connectivity index is 1.30. The number of hydrogen-bond acceptors (Lipinski definition) is 3. The van der Waals surface area contributed by atoms with Crippen molar-refractivity contribution in [3.63, 3.8) is 0 Å². The molecule has 0 amide bonds. The van der Waals surface area contributed by atoms with Crippen LogP contribution in [0.15, 0.2) is 66.9 Å². The van der Waals surface area contributed by atoms with Gasteiger partial charge < -0.3 is 14.6 Å². The lowest BCUT2D eigenvalue weighted by Crippen LogP contribution is -2.32. The van der Waals surface area contributed by atoms with Gasteiger partial charge in [0.05, 0.1) is 12.7 Å². The fourth-order valence-corrected chi connectivity index (χ4v) is 6.22. The lowest BCUT2D eigenvalue weighted by molar-refractivity contribution is 0.121. The first kappa shape index (κ1) is 23.0. The maximum atomic E-state index is 10.6. The fourth-order valence-electron chi connectivity index (χ4n) is 6.22. The molecule has 182 valence electrons. The average molecular weight is 477 g/mol. The standard InChI is InChI=1S/C31H32N4O/c1-32-24-10-11-29-27(17-24)28(20-35(29)19-25(36)18-33(2)3)21-12-14-34(15-13-21)30-16-23-8-4-6-22-7-5-9-26(30)31(22)23/h4-12,17,20,25,30,36H,13-16,18-19H2,2-3H3/t25?,30-/m1/s1. The third-order valence-corrected chi connectivity index (χ3v) is 7.80. The van der Waals surface area contributed by atoms with Crippen LogP contribution < -0.4 is 0 Å². The first-order valence-corrected chi connectivity index (χ1v) is 12.8. The molecule has 1 aromatic heterocycles. The van der Waals surface area contributed by atoms with Gasteiger partial charge in [0, 0.05) is 49.5 Å². The van der Waals surface area contributed by atoms with Crippen LogP contribution in [-0.2, 0) is 13.0 Å². The van der Waals surface area contributed by atoms with Crippen molar-refractivity contribution in [2.45, 2.75) is 31.5 Å². The maximum Gasteiger partial charge on any atom is 0.188 e. The number of aliphatic hydroxyl groups excluding tert-OH is 1. The minimum Gasteiger partial charge on any atom is -0.390 e. The predicted molar refractivity (Wildman–Crippen MR) is 147 cm³/mol. The molecule has 0 radical (unpaired) electrons. The Morgan fingerprint density at radius 1 is 1.14 bits per heavy atom. The highest BCUT2D eigenvalue weighted by Crippen LogP contribution is 2.42. The van der Waals surface area contributed by atoms with Gasteiger partial charge in [0.2, 0.25) is 0 Å². The molecule has 0 bridgehead atoms. The second kappa shape index (κ2) is 9.22. The van der Waals surface area contributed by atoms with Crippen LogP contribution in [0.25, 0.3) is 32.1 Å². The minimum absolute atomic E-state index is 0.431. The molecule has 0 saturated carbocycles. The number of likely N-dealkylation sites (N-methyl/N-ethyl adjacent to an activating group) is 1. The van der Waals surface area contributed by atoms with Crippen LogP contribution >= 0.6 is 0 Å². The molecule has 1 aliphatic heterocycles. The molecule has 5 heteroatoms. The second-order valence-electron chi connectivity index (χ2n) is 10.5. The number of rotatable bonds is 6. The number of benzene rings is 3. The zero-order valence-electron chi connectivity index (χ0n) is 21.0. The van der Waals surface area contributed by atoms with Crippen molar-refractivity contribution in [3.8, 4) is 0 Å². The quantitative estimate of drug-likeness (QED) is 0.365. The predicted octanol–water partition coefficient (Wildman–Crippen LogP) is 5.65. The lowest BCUT2D eigenvalue weighted by atomic mass is 9.96. The summed E-state index contributed by atoms with van der Waals surface area (Å²) < 4.78 is 2.16. The summed E-state index contributed by atoms with van der Waals surface area (Å²) >= 11 is 0. The Morgan fingerprint density at radius 3 is 2.72 bits per heavy atom. The smallest absolute Gasteiger partial charge is 0.188 e. The summed E-state index contributed by atoms with van der Waals surface area (Å²) in [7, 11) is 3.96. The van der Waals surface area contributed by atoms with Crippen molar-refractivity contribution in [1.29, 1.82) is 0 Å². The van der Waals surface area contributed by atoms with Crippen LogP contribution in [0, 0.1) is 6.57 Å². The summed E-state index contributed by atoms with van der Waals surface area (Å²) in [4.78, 5) is 8.30. The largest absolute Gasteiger partial charge is 0.390 e. The zero-order chi connectivity index (χ0) is 24.8. The van der Waals surface area contributed by atoms with Gasteiger partial charge in [0.15, 0.2) is 5.69 Å². The molecule has 5 nitrogen and oxygen atoms in total. The topological polar surface area (TPSA) is 36.0 Å². The molecule has 3 aromatic carbocycles. The van der Waals surface area contributed by atoms with Gasteiger partial charge in [-0.2, -0.15) is 0 Å². The molecule has 0 spiro atoms. The van der Waals surface area contributed by atoms with Gasteiger partial charge in [-0.05, 0) is 71.9 Å². The Kier molecular flexibility index (Phi) is 5.89. The van der Waals surface area contributed by atoms with Crippen molar-refractivity contribution >= 4 is 32.9 Å². The molecule has 1 aliphatic carbocycles. The van der Waals surface area contributed by atoms with E-state index in [0.29, 0.717) is 24.8 Å². The van der Waals surface area contributed by atoms with E-state index in [4.69, 9.17) is 6.57 Å². The van der Waals surface area contributed by atoms with Crippen molar-refractivity contribution in [1.82, 2.24) is 14.4 Å². The van der Waals surface area contributed by atoms with Crippen molar-refractivity contribution in [2.24, 2.45) is 0 Å². The number of aliphatic hydroxyl groups is 1. The lowest BCUT2D eigenvalue weighted by Gasteiger charge is -2.32. The Morgan fingerprint density at radius 2 is 1.97 bits per heavy atom. The molecule has 2 aliphatic rings. The van der Waals surface area contributed by atoms with Crippen LogP contribution in [-0.4, -0.2) is 59.3 Å². The Labute approximate surface area is 212 Å². The van der Waals surface area contributed by atoms with E-state index in [2.05, 4.69) is 63.0 Å². The average Bonchev–Trinajstić information content (AvgIpc) is 3.43. The molecule has 4 aromatic rings. The molecule has 6 rings (SSSR count). The van der Waals surface area contributed by atoms with Gasteiger partial charge >= 0.3 is 0 Å². The summed E-state index contributed by atoms with van der Waals surface area (Å²) in [5, 5.41) is 14.5. The summed E-state index contributed by atoms with van der Waals surface area (Å²) in [5.41, 5.74) is 7.21. The van der Waals surface area contributed by atoms with E-state index in [-0.39, 0.29) is 0 Å². The molecule has 1 N–H and O–H groups in total. The van der Waals surface area contributed by atoms with E-state index in [1.807, 2.05) is 37.2 Å². The minimum atomic E-state index is -0.452. The molecular weight excluding hydrogens is 444 g/mol. The van der Waals surface area contributed by atoms with Crippen LogP contribution in [0.2, 0.25) is 0 Å². The van der Waals surface area contributed by atoms with Gasteiger partial charge in [-0.15, -0.1) is 0 Å². The third-order valence-electron chi connectivity index (χ3n) is 7.80. The van der Waals surface area contributed by atoms with E-state index in [1.54, 1.807) is 0 Å². The van der Waals surface area contributed by atoms with Crippen molar-refractivity contribution in [3.05, 3.63) is 95.0 Å². The van der Waals surface area contributed by atoms with E-state index < -0.39 is 6.10 Å². The van der Waals surface area contributed by atoms with Crippen LogP contribution in [0.5, 0.6) is 0 Å². The first-order chi connectivity index (χ1) is 17.5. The molecule has 1 unspecified atom stereocenters. The normalized spacial score (nSPS) is 18.6. The van der Waals surface area contributed by atoms with Crippen LogP contribution in [0.1, 0.15) is 29.2 Å². The van der Waals surface area contributed by atoms with Crippen molar-refractivity contribution in [2.75, 3.05) is 33.7 Å². The van der Waals surface area contributed by atoms with Gasteiger partial charge in [-0.25, -0.2) is 4.85 Å². The monoisotopic (exact) mass is 476 g/mol. The van der Waals surface area contributed by atoms with E-state index >= 15 is 0 Å². The van der Waals surface area contributed by atoms with Gasteiger partial charge in [-0.3, -0.25) is 4.90 Å². The fraction of sp³-hybridized carbons (Fsp3) is 0.323. The SMILES string of the molecule is [C-]#[N+]c1ccc2c(c1)c(C1=CCN([C@@H]3Cc4cccc5cccc3c45)CC1)cn2CC(O)CN(C)C. The van der Waals surface area contributed by atoms with Gasteiger partial charge in [-0.1, -0.05) is 48.5 Å². The number of nitrogens with zero attached hydrogens (tertiary/aromatic N) is 4. The second-order valence-corrected chi connectivity index (χ2v) is 10.5. The Hall–Kier alpha value is -3.43.